The van der Waals surface area contributed by atoms with Gasteiger partial charge in [-0.25, -0.2) is 4.79 Å². The van der Waals surface area contributed by atoms with Crippen LogP contribution in [0.15, 0.2) is 48.5 Å². The number of hydrogen-bond acceptors (Lipinski definition) is 4. The quantitative estimate of drug-likeness (QED) is 0.582. The van der Waals surface area contributed by atoms with Crippen LogP contribution < -0.4 is 10.1 Å². The second-order valence-corrected chi connectivity index (χ2v) is 5.89. The van der Waals surface area contributed by atoms with Gasteiger partial charge in [0.25, 0.3) is 5.91 Å². The fourth-order valence-electron chi connectivity index (χ4n) is 2.11. The molecule has 0 radical (unpaired) electrons. The van der Waals surface area contributed by atoms with Crippen LogP contribution in [-0.2, 0) is 14.3 Å². The van der Waals surface area contributed by atoms with Crippen molar-refractivity contribution in [1.29, 1.82) is 0 Å². The summed E-state index contributed by atoms with van der Waals surface area (Å²) in [6.07, 6.45) is 2.88. The normalized spacial score (nSPS) is 10.6. The second kappa shape index (κ2) is 9.63. The van der Waals surface area contributed by atoms with Gasteiger partial charge in [0.15, 0.2) is 6.61 Å². The third-order valence-electron chi connectivity index (χ3n) is 3.42. The van der Waals surface area contributed by atoms with Crippen LogP contribution in [-0.4, -0.2) is 25.1 Å². The maximum atomic E-state index is 11.9. The summed E-state index contributed by atoms with van der Waals surface area (Å²) >= 11 is 5.90. The zero-order chi connectivity index (χ0) is 18.9. The van der Waals surface area contributed by atoms with E-state index in [0.29, 0.717) is 17.3 Å². The second-order valence-electron chi connectivity index (χ2n) is 5.45. The van der Waals surface area contributed by atoms with E-state index in [-0.39, 0.29) is 6.61 Å². The number of carbonyl (C=O) groups excluding carboxylic acids is 2. The molecule has 1 N–H and O–H groups in total. The topological polar surface area (TPSA) is 64.6 Å². The molecule has 0 spiro atoms. The Kier molecular flexibility index (Phi) is 7.24. The lowest BCUT2D eigenvalue weighted by Crippen LogP contribution is -2.20. The minimum Gasteiger partial charge on any atom is -0.494 e. The van der Waals surface area contributed by atoms with E-state index in [0.717, 1.165) is 16.9 Å². The number of halogens is 1. The first kappa shape index (κ1) is 19.5. The van der Waals surface area contributed by atoms with Crippen molar-refractivity contribution in [2.75, 3.05) is 18.5 Å². The van der Waals surface area contributed by atoms with E-state index in [9.17, 15) is 9.59 Å². The minimum atomic E-state index is -0.600. The minimum absolute atomic E-state index is 0.377. The molecule has 0 fully saturated rings. The predicted molar refractivity (Wildman–Crippen MR) is 102 cm³/mol. The molecule has 5 nitrogen and oxygen atoms in total. The van der Waals surface area contributed by atoms with Crippen molar-refractivity contribution in [2.45, 2.75) is 13.8 Å². The van der Waals surface area contributed by atoms with Crippen molar-refractivity contribution in [1.82, 2.24) is 0 Å². The molecule has 2 rings (SSSR count). The first-order valence-corrected chi connectivity index (χ1v) is 8.49. The highest BCUT2D eigenvalue weighted by molar-refractivity contribution is 6.31. The molecule has 6 heteroatoms. The number of aryl methyl sites for hydroxylation is 1. The third-order valence-corrected chi connectivity index (χ3v) is 3.66. The van der Waals surface area contributed by atoms with Crippen LogP contribution in [0, 0.1) is 6.92 Å². The van der Waals surface area contributed by atoms with Gasteiger partial charge in [-0.05, 0) is 55.3 Å². The Hall–Kier alpha value is -2.79. The zero-order valence-electron chi connectivity index (χ0n) is 14.6. The largest absolute Gasteiger partial charge is 0.494 e. The molecule has 0 aliphatic heterocycles. The highest BCUT2D eigenvalue weighted by Crippen LogP contribution is 2.20. The summed E-state index contributed by atoms with van der Waals surface area (Å²) in [5.74, 6) is -0.268. The van der Waals surface area contributed by atoms with Crippen LogP contribution in [0.2, 0.25) is 5.02 Å². The van der Waals surface area contributed by atoms with Gasteiger partial charge in [-0.1, -0.05) is 29.8 Å². The smallest absolute Gasteiger partial charge is 0.331 e. The van der Waals surface area contributed by atoms with Crippen molar-refractivity contribution in [3.8, 4) is 5.75 Å². The van der Waals surface area contributed by atoms with Gasteiger partial charge < -0.3 is 14.8 Å². The van der Waals surface area contributed by atoms with Crippen LogP contribution >= 0.6 is 11.6 Å². The molecule has 0 bridgehead atoms. The van der Waals surface area contributed by atoms with Crippen molar-refractivity contribution < 1.29 is 19.1 Å². The number of ether oxygens (including phenoxy) is 2. The van der Waals surface area contributed by atoms with E-state index in [1.807, 2.05) is 38.1 Å². The first-order valence-electron chi connectivity index (χ1n) is 8.11. The van der Waals surface area contributed by atoms with Gasteiger partial charge in [0, 0.05) is 16.8 Å². The lowest BCUT2D eigenvalue weighted by atomic mass is 10.2. The molecule has 0 saturated carbocycles. The number of amides is 1. The summed E-state index contributed by atoms with van der Waals surface area (Å²) in [6, 6.07) is 12.4. The van der Waals surface area contributed by atoms with Gasteiger partial charge in [0.2, 0.25) is 0 Å². The number of benzene rings is 2. The zero-order valence-corrected chi connectivity index (χ0v) is 15.4. The van der Waals surface area contributed by atoms with Gasteiger partial charge in [-0.15, -0.1) is 0 Å². The lowest BCUT2D eigenvalue weighted by Gasteiger charge is -2.08. The summed E-state index contributed by atoms with van der Waals surface area (Å²) in [5, 5.41) is 3.17. The van der Waals surface area contributed by atoms with E-state index in [4.69, 9.17) is 21.1 Å². The summed E-state index contributed by atoms with van der Waals surface area (Å²) in [5.41, 5.74) is 2.28. The molecule has 26 heavy (non-hydrogen) atoms. The number of esters is 1. The van der Waals surface area contributed by atoms with E-state index >= 15 is 0 Å². The van der Waals surface area contributed by atoms with Gasteiger partial charge in [0.05, 0.1) is 6.61 Å². The first-order chi connectivity index (χ1) is 12.5. The van der Waals surface area contributed by atoms with Crippen LogP contribution in [0.4, 0.5) is 5.69 Å². The van der Waals surface area contributed by atoms with Crippen molar-refractivity contribution in [2.24, 2.45) is 0 Å². The number of hydrogen-bond donors (Lipinski definition) is 1. The number of rotatable bonds is 7. The van der Waals surface area contributed by atoms with Gasteiger partial charge in [-0.3, -0.25) is 4.79 Å². The molecule has 1 amide bonds. The summed E-state index contributed by atoms with van der Waals surface area (Å²) in [6.45, 7) is 3.97. The monoisotopic (exact) mass is 373 g/mol. The Balaban J connectivity index is 1.82. The fraction of sp³-hybridized carbons (Fsp3) is 0.200. The fourth-order valence-corrected chi connectivity index (χ4v) is 2.28. The molecular formula is C20H20ClNO4. The Labute approximate surface area is 157 Å². The molecular weight excluding hydrogens is 354 g/mol. The predicted octanol–water partition coefficient (Wildman–Crippen LogP) is 4.24. The Morgan fingerprint density at radius 1 is 1.15 bits per heavy atom. The van der Waals surface area contributed by atoms with Crippen LogP contribution in [0.5, 0.6) is 5.75 Å². The average molecular weight is 374 g/mol. The Bertz CT molecular complexity index is 800. The summed E-state index contributed by atoms with van der Waals surface area (Å²) in [7, 11) is 0. The van der Waals surface area contributed by atoms with E-state index in [1.54, 1.807) is 24.3 Å². The van der Waals surface area contributed by atoms with E-state index in [1.165, 1.54) is 6.08 Å². The van der Waals surface area contributed by atoms with Crippen molar-refractivity contribution >= 4 is 35.2 Å². The maximum absolute atomic E-state index is 11.9. The van der Waals surface area contributed by atoms with Crippen molar-refractivity contribution in [3.63, 3.8) is 0 Å². The molecule has 0 atom stereocenters. The molecule has 0 saturated heterocycles. The molecule has 0 heterocycles. The van der Waals surface area contributed by atoms with Gasteiger partial charge in [0.1, 0.15) is 5.75 Å². The lowest BCUT2D eigenvalue weighted by molar-refractivity contribution is -0.142. The summed E-state index contributed by atoms with van der Waals surface area (Å²) in [4.78, 5) is 23.6. The molecule has 0 aliphatic carbocycles. The van der Waals surface area contributed by atoms with Crippen LogP contribution in [0.25, 0.3) is 6.08 Å². The van der Waals surface area contributed by atoms with E-state index in [2.05, 4.69) is 5.32 Å². The Morgan fingerprint density at radius 3 is 2.58 bits per heavy atom. The number of carbonyl (C=O) groups is 2. The molecule has 2 aromatic rings. The van der Waals surface area contributed by atoms with Gasteiger partial charge in [-0.2, -0.15) is 0 Å². The highest BCUT2D eigenvalue weighted by Gasteiger charge is 2.08. The maximum Gasteiger partial charge on any atom is 0.331 e. The SMILES string of the molecule is CCOc1ccc(/C=C/C(=O)OCC(=O)Nc2cc(Cl)ccc2C)cc1. The summed E-state index contributed by atoms with van der Waals surface area (Å²) < 4.78 is 10.3. The average Bonchev–Trinajstić information content (AvgIpc) is 2.63. The third kappa shape index (κ3) is 6.26. The highest BCUT2D eigenvalue weighted by atomic mass is 35.5. The number of nitrogens with one attached hydrogen (secondary N) is 1. The Morgan fingerprint density at radius 2 is 1.88 bits per heavy atom. The molecule has 0 unspecified atom stereocenters. The standard InChI is InChI=1S/C20H20ClNO4/c1-3-25-17-9-5-15(6-10-17)7-11-20(24)26-13-19(23)22-18-12-16(21)8-4-14(18)2/h4-12H,3,13H2,1-2H3,(H,22,23)/b11-7+. The van der Waals surface area contributed by atoms with Gasteiger partial charge >= 0.3 is 5.97 Å². The molecule has 2 aromatic carbocycles. The molecule has 136 valence electrons. The molecule has 0 aliphatic rings. The molecule has 0 aromatic heterocycles. The van der Waals surface area contributed by atoms with E-state index < -0.39 is 11.9 Å². The van der Waals surface area contributed by atoms with Crippen LogP contribution in [0.3, 0.4) is 0 Å². The van der Waals surface area contributed by atoms with Crippen molar-refractivity contribution in [3.05, 3.63) is 64.7 Å². The van der Waals surface area contributed by atoms with Crippen LogP contribution in [0.1, 0.15) is 18.1 Å². The number of anilines is 1.